The number of fused-ring (bicyclic) bond motifs is 1. The lowest BCUT2D eigenvalue weighted by molar-refractivity contribution is 1.07. The summed E-state index contributed by atoms with van der Waals surface area (Å²) in [5.41, 5.74) is 12.0. The molecule has 3 nitrogen and oxygen atoms in total. The molecule has 0 radical (unpaired) electrons. The SMILES string of the molecule is Cc1ccc(-c2nc3ccc(Cl)cn3c2CC(N)=S)c(C)c1. The molecule has 0 spiro atoms. The second-order valence-electron chi connectivity index (χ2n) is 5.44. The van der Waals surface area contributed by atoms with Gasteiger partial charge in [0, 0.05) is 18.2 Å². The van der Waals surface area contributed by atoms with Crippen LogP contribution in [-0.2, 0) is 6.42 Å². The first-order valence-electron chi connectivity index (χ1n) is 6.98. The van der Waals surface area contributed by atoms with Crippen LogP contribution in [0.25, 0.3) is 16.9 Å². The van der Waals surface area contributed by atoms with Gasteiger partial charge in [-0.25, -0.2) is 4.98 Å². The molecule has 2 N–H and O–H groups in total. The van der Waals surface area contributed by atoms with Crippen molar-refractivity contribution in [1.82, 2.24) is 9.38 Å². The second kappa shape index (κ2) is 5.71. The van der Waals surface area contributed by atoms with Crippen LogP contribution in [0, 0.1) is 13.8 Å². The fourth-order valence-electron chi connectivity index (χ4n) is 2.70. The summed E-state index contributed by atoms with van der Waals surface area (Å²) < 4.78 is 1.97. The minimum absolute atomic E-state index is 0.438. The van der Waals surface area contributed by atoms with Crippen LogP contribution in [0.1, 0.15) is 16.8 Å². The maximum Gasteiger partial charge on any atom is 0.137 e. The number of aryl methyl sites for hydroxylation is 2. The first-order chi connectivity index (χ1) is 10.5. The molecule has 1 aromatic carbocycles. The van der Waals surface area contributed by atoms with E-state index in [1.54, 1.807) is 0 Å². The first-order valence-corrected chi connectivity index (χ1v) is 7.77. The highest BCUT2D eigenvalue weighted by molar-refractivity contribution is 7.80. The molecule has 22 heavy (non-hydrogen) atoms. The van der Waals surface area contributed by atoms with Gasteiger partial charge in [0.15, 0.2) is 0 Å². The van der Waals surface area contributed by atoms with Gasteiger partial charge in [0.25, 0.3) is 0 Å². The predicted molar refractivity (Wildman–Crippen MR) is 95.6 cm³/mol. The minimum atomic E-state index is 0.438. The number of thiocarbonyl (C=S) groups is 1. The molecule has 0 bridgehead atoms. The van der Waals surface area contributed by atoms with Crippen molar-refractivity contribution in [2.24, 2.45) is 5.73 Å². The van der Waals surface area contributed by atoms with Crippen LogP contribution in [0.4, 0.5) is 0 Å². The average Bonchev–Trinajstić information content (AvgIpc) is 2.76. The van der Waals surface area contributed by atoms with Crippen LogP contribution in [0.2, 0.25) is 5.02 Å². The van der Waals surface area contributed by atoms with Crippen molar-refractivity contribution in [3.63, 3.8) is 0 Å². The quantitative estimate of drug-likeness (QED) is 0.736. The molecule has 0 atom stereocenters. The van der Waals surface area contributed by atoms with Crippen molar-refractivity contribution >= 4 is 34.5 Å². The summed E-state index contributed by atoms with van der Waals surface area (Å²) in [7, 11) is 0. The highest BCUT2D eigenvalue weighted by Gasteiger charge is 2.16. The summed E-state index contributed by atoms with van der Waals surface area (Å²) in [5.74, 6) is 0. The molecule has 5 heteroatoms. The topological polar surface area (TPSA) is 43.3 Å². The molecule has 0 saturated carbocycles. The Bertz CT molecular complexity index is 883. The molecular formula is C17H16ClN3S. The van der Waals surface area contributed by atoms with Crippen molar-refractivity contribution in [2.45, 2.75) is 20.3 Å². The van der Waals surface area contributed by atoms with Gasteiger partial charge in [-0.2, -0.15) is 0 Å². The third-order valence-corrected chi connectivity index (χ3v) is 4.03. The number of nitrogens with zero attached hydrogens (tertiary/aromatic N) is 2. The standard InChI is InChI=1S/C17H16ClN3S/c1-10-3-5-13(11(2)7-10)17-14(8-15(19)22)21-9-12(18)4-6-16(21)20-17/h3-7,9H,8H2,1-2H3,(H2,19,22). The zero-order valence-corrected chi connectivity index (χ0v) is 14.0. The zero-order valence-electron chi connectivity index (χ0n) is 12.4. The van der Waals surface area contributed by atoms with Gasteiger partial charge in [-0.1, -0.05) is 47.6 Å². The monoisotopic (exact) mass is 329 g/mol. The molecule has 3 rings (SSSR count). The van der Waals surface area contributed by atoms with E-state index >= 15 is 0 Å². The summed E-state index contributed by atoms with van der Waals surface area (Å²) >= 11 is 11.2. The molecule has 0 aliphatic heterocycles. The lowest BCUT2D eigenvalue weighted by Gasteiger charge is -2.08. The van der Waals surface area contributed by atoms with Crippen molar-refractivity contribution in [1.29, 1.82) is 0 Å². The molecular weight excluding hydrogens is 314 g/mol. The molecule has 0 fully saturated rings. The molecule has 3 aromatic rings. The van der Waals surface area contributed by atoms with E-state index < -0.39 is 0 Å². The lowest BCUT2D eigenvalue weighted by atomic mass is 10.0. The van der Waals surface area contributed by atoms with E-state index in [9.17, 15) is 0 Å². The highest BCUT2D eigenvalue weighted by atomic mass is 35.5. The zero-order chi connectivity index (χ0) is 15.9. The maximum atomic E-state index is 6.12. The van der Waals surface area contributed by atoms with Crippen molar-refractivity contribution in [3.8, 4) is 11.3 Å². The van der Waals surface area contributed by atoms with Crippen LogP contribution in [0.15, 0.2) is 36.5 Å². The summed E-state index contributed by atoms with van der Waals surface area (Å²) in [5, 5.41) is 0.654. The Labute approximate surface area is 139 Å². The molecule has 0 unspecified atom stereocenters. The van der Waals surface area contributed by atoms with Crippen LogP contribution in [-0.4, -0.2) is 14.4 Å². The van der Waals surface area contributed by atoms with Crippen LogP contribution < -0.4 is 5.73 Å². The predicted octanol–water partition coefficient (Wildman–Crippen LogP) is 4.10. The van der Waals surface area contributed by atoms with E-state index in [2.05, 4.69) is 32.0 Å². The number of nitrogens with two attached hydrogens (primary N) is 1. The molecule has 2 heterocycles. The van der Waals surface area contributed by atoms with Gasteiger partial charge in [-0.3, -0.25) is 0 Å². The van der Waals surface area contributed by atoms with Crippen LogP contribution in [0.3, 0.4) is 0 Å². The molecule has 0 saturated heterocycles. The Morgan fingerprint density at radius 1 is 1.27 bits per heavy atom. The number of benzene rings is 1. The van der Waals surface area contributed by atoms with E-state index in [1.807, 2.05) is 22.7 Å². The van der Waals surface area contributed by atoms with E-state index in [1.165, 1.54) is 11.1 Å². The molecule has 0 aliphatic rings. The molecule has 112 valence electrons. The number of rotatable bonds is 3. The van der Waals surface area contributed by atoms with Crippen molar-refractivity contribution in [2.75, 3.05) is 0 Å². The van der Waals surface area contributed by atoms with E-state index in [-0.39, 0.29) is 0 Å². The number of imidazole rings is 1. The number of pyridine rings is 1. The number of hydrogen-bond acceptors (Lipinski definition) is 2. The summed E-state index contributed by atoms with van der Waals surface area (Å²) in [6, 6.07) is 10.1. The number of aromatic nitrogens is 2. The largest absolute Gasteiger partial charge is 0.393 e. The van der Waals surface area contributed by atoms with Gasteiger partial charge in [-0.05, 0) is 31.5 Å². The van der Waals surface area contributed by atoms with Gasteiger partial charge < -0.3 is 10.1 Å². The fraction of sp³-hybridized carbons (Fsp3) is 0.176. The second-order valence-corrected chi connectivity index (χ2v) is 6.40. The van der Waals surface area contributed by atoms with Crippen molar-refractivity contribution in [3.05, 3.63) is 58.4 Å². The summed E-state index contributed by atoms with van der Waals surface area (Å²) in [4.78, 5) is 5.19. The van der Waals surface area contributed by atoms with Crippen LogP contribution >= 0.6 is 23.8 Å². The van der Waals surface area contributed by atoms with E-state index in [0.29, 0.717) is 16.4 Å². The maximum absolute atomic E-state index is 6.12. The fourth-order valence-corrected chi connectivity index (χ4v) is 2.99. The van der Waals surface area contributed by atoms with Crippen molar-refractivity contribution < 1.29 is 0 Å². The third kappa shape index (κ3) is 2.72. The Morgan fingerprint density at radius 2 is 2.05 bits per heavy atom. The Hall–Kier alpha value is -1.91. The Kier molecular flexibility index (Phi) is 3.89. The smallest absolute Gasteiger partial charge is 0.137 e. The lowest BCUT2D eigenvalue weighted by Crippen LogP contribution is -2.13. The summed E-state index contributed by atoms with van der Waals surface area (Å²) in [6.07, 6.45) is 2.34. The molecule has 2 aromatic heterocycles. The average molecular weight is 330 g/mol. The first kappa shape index (κ1) is 15.0. The number of halogens is 1. The van der Waals surface area contributed by atoms with Gasteiger partial charge >= 0.3 is 0 Å². The van der Waals surface area contributed by atoms with Crippen LogP contribution in [0.5, 0.6) is 0 Å². The van der Waals surface area contributed by atoms with Gasteiger partial charge in [0.2, 0.25) is 0 Å². The third-order valence-electron chi connectivity index (χ3n) is 3.66. The van der Waals surface area contributed by atoms with Gasteiger partial charge in [0.05, 0.1) is 21.4 Å². The Morgan fingerprint density at radius 3 is 2.73 bits per heavy atom. The van der Waals surface area contributed by atoms with E-state index in [4.69, 9.17) is 34.5 Å². The molecule has 0 amide bonds. The summed E-state index contributed by atoms with van der Waals surface area (Å²) in [6.45, 7) is 4.17. The van der Waals surface area contributed by atoms with Gasteiger partial charge in [0.1, 0.15) is 5.65 Å². The normalized spacial score (nSPS) is 11.0. The van der Waals surface area contributed by atoms with Gasteiger partial charge in [-0.15, -0.1) is 0 Å². The minimum Gasteiger partial charge on any atom is -0.393 e. The highest BCUT2D eigenvalue weighted by Crippen LogP contribution is 2.29. The van der Waals surface area contributed by atoms with E-state index in [0.717, 1.165) is 22.6 Å². The molecule has 0 aliphatic carbocycles. The number of hydrogen-bond donors (Lipinski definition) is 1. The Balaban J connectivity index is 2.30.